The van der Waals surface area contributed by atoms with E-state index >= 15 is 0 Å². The second-order valence-corrected chi connectivity index (χ2v) is 4.56. The van der Waals surface area contributed by atoms with Gasteiger partial charge in [0.25, 0.3) is 0 Å². The van der Waals surface area contributed by atoms with Crippen LogP contribution in [0.5, 0.6) is 17.2 Å². The summed E-state index contributed by atoms with van der Waals surface area (Å²) < 4.78 is 37.3. The van der Waals surface area contributed by atoms with E-state index in [0.717, 1.165) is 6.07 Å². The Morgan fingerprint density at radius 2 is 1.79 bits per heavy atom. The molecule has 3 nitrogen and oxygen atoms in total. The summed E-state index contributed by atoms with van der Waals surface area (Å²) >= 11 is 3.04. The number of rotatable bonds is 3. The standard InChI is InChI=1S/C13H10BrF2NO2/c1-18-12-6-13(11(17)5-10(12)16)19-7-2-3-8(14)9(15)4-7/h2-6H,17H2,1H3. The number of hydrogen-bond donors (Lipinski definition) is 1. The van der Waals surface area contributed by atoms with Gasteiger partial charge in [0, 0.05) is 18.2 Å². The van der Waals surface area contributed by atoms with Crippen LogP contribution < -0.4 is 15.2 Å². The Labute approximate surface area is 117 Å². The molecule has 0 saturated heterocycles. The lowest BCUT2D eigenvalue weighted by molar-refractivity contribution is 0.382. The van der Waals surface area contributed by atoms with Crippen LogP contribution in [0.15, 0.2) is 34.8 Å². The van der Waals surface area contributed by atoms with E-state index in [4.69, 9.17) is 15.2 Å². The van der Waals surface area contributed by atoms with Gasteiger partial charge in [0.1, 0.15) is 11.6 Å². The smallest absolute Gasteiger partial charge is 0.167 e. The number of hydrogen-bond acceptors (Lipinski definition) is 3. The zero-order valence-electron chi connectivity index (χ0n) is 9.91. The van der Waals surface area contributed by atoms with E-state index in [1.807, 2.05) is 0 Å². The van der Waals surface area contributed by atoms with Crippen molar-refractivity contribution in [1.82, 2.24) is 0 Å². The Hall–Kier alpha value is -1.82. The number of ether oxygens (including phenoxy) is 2. The maximum Gasteiger partial charge on any atom is 0.167 e. The minimum Gasteiger partial charge on any atom is -0.494 e. The molecular formula is C13H10BrF2NO2. The number of nitrogens with two attached hydrogens (primary N) is 1. The molecular weight excluding hydrogens is 320 g/mol. The molecule has 0 amide bonds. The molecule has 0 aliphatic rings. The van der Waals surface area contributed by atoms with Crippen molar-refractivity contribution in [3.8, 4) is 17.2 Å². The van der Waals surface area contributed by atoms with Gasteiger partial charge >= 0.3 is 0 Å². The zero-order chi connectivity index (χ0) is 14.0. The van der Waals surface area contributed by atoms with Crippen LogP contribution in [0.4, 0.5) is 14.5 Å². The molecule has 2 aromatic rings. The first-order chi connectivity index (χ1) is 9.01. The van der Waals surface area contributed by atoms with E-state index in [0.29, 0.717) is 4.47 Å². The summed E-state index contributed by atoms with van der Waals surface area (Å²) in [5, 5.41) is 0. The molecule has 0 heterocycles. The quantitative estimate of drug-likeness (QED) is 0.862. The highest BCUT2D eigenvalue weighted by Gasteiger charge is 2.11. The van der Waals surface area contributed by atoms with Crippen molar-refractivity contribution in [1.29, 1.82) is 0 Å². The molecule has 0 aromatic heterocycles. The Balaban J connectivity index is 2.34. The summed E-state index contributed by atoms with van der Waals surface area (Å²) in [6.07, 6.45) is 0. The largest absolute Gasteiger partial charge is 0.494 e. The number of nitrogen functional groups attached to an aromatic ring is 1. The van der Waals surface area contributed by atoms with E-state index in [2.05, 4.69) is 15.9 Å². The molecule has 100 valence electrons. The summed E-state index contributed by atoms with van der Waals surface area (Å²) in [6.45, 7) is 0. The monoisotopic (exact) mass is 329 g/mol. The highest BCUT2D eigenvalue weighted by atomic mass is 79.9. The van der Waals surface area contributed by atoms with Crippen LogP contribution in [-0.2, 0) is 0 Å². The number of anilines is 1. The number of benzene rings is 2. The third-order valence-electron chi connectivity index (χ3n) is 2.40. The van der Waals surface area contributed by atoms with Crippen LogP contribution in [0, 0.1) is 11.6 Å². The summed E-state index contributed by atoms with van der Waals surface area (Å²) in [4.78, 5) is 0. The SMILES string of the molecule is COc1cc(Oc2ccc(Br)c(F)c2)c(N)cc1F. The second-order valence-electron chi connectivity index (χ2n) is 3.70. The number of halogens is 3. The van der Waals surface area contributed by atoms with Crippen LogP contribution in [-0.4, -0.2) is 7.11 Å². The van der Waals surface area contributed by atoms with Gasteiger partial charge in [-0.2, -0.15) is 0 Å². The molecule has 2 N–H and O–H groups in total. The minimum atomic E-state index is -0.589. The van der Waals surface area contributed by atoms with Gasteiger partial charge in [-0.1, -0.05) is 0 Å². The van der Waals surface area contributed by atoms with E-state index < -0.39 is 11.6 Å². The Kier molecular flexibility index (Phi) is 3.90. The van der Waals surface area contributed by atoms with Crippen molar-refractivity contribution in [3.63, 3.8) is 0 Å². The Bertz CT molecular complexity index is 620. The van der Waals surface area contributed by atoms with Crippen LogP contribution in [0.1, 0.15) is 0 Å². The van der Waals surface area contributed by atoms with Gasteiger partial charge in [0.15, 0.2) is 17.3 Å². The van der Waals surface area contributed by atoms with Crippen LogP contribution in [0.2, 0.25) is 0 Å². The second kappa shape index (κ2) is 5.44. The lowest BCUT2D eigenvalue weighted by atomic mass is 10.2. The molecule has 0 atom stereocenters. The first-order valence-electron chi connectivity index (χ1n) is 5.27. The minimum absolute atomic E-state index is 0.00165. The molecule has 0 aliphatic carbocycles. The van der Waals surface area contributed by atoms with Gasteiger partial charge in [-0.05, 0) is 28.1 Å². The van der Waals surface area contributed by atoms with Crippen molar-refractivity contribution in [2.24, 2.45) is 0 Å². The first kappa shape index (κ1) is 13.6. The lowest BCUT2D eigenvalue weighted by Crippen LogP contribution is -1.96. The molecule has 0 aliphatic heterocycles. The van der Waals surface area contributed by atoms with E-state index in [1.54, 1.807) is 6.07 Å². The highest BCUT2D eigenvalue weighted by molar-refractivity contribution is 9.10. The Morgan fingerprint density at radius 3 is 2.42 bits per heavy atom. The van der Waals surface area contributed by atoms with Crippen LogP contribution >= 0.6 is 15.9 Å². The van der Waals surface area contributed by atoms with Gasteiger partial charge in [0.05, 0.1) is 17.3 Å². The topological polar surface area (TPSA) is 44.5 Å². The van der Waals surface area contributed by atoms with Crippen molar-refractivity contribution in [2.45, 2.75) is 0 Å². The zero-order valence-corrected chi connectivity index (χ0v) is 11.5. The van der Waals surface area contributed by atoms with E-state index in [1.165, 1.54) is 25.3 Å². The van der Waals surface area contributed by atoms with Gasteiger partial charge in [0.2, 0.25) is 0 Å². The van der Waals surface area contributed by atoms with Crippen molar-refractivity contribution in [3.05, 3.63) is 46.4 Å². The molecule has 0 radical (unpaired) electrons. The summed E-state index contributed by atoms with van der Waals surface area (Å²) in [5.41, 5.74) is 5.74. The fourth-order valence-electron chi connectivity index (χ4n) is 1.46. The average molecular weight is 330 g/mol. The first-order valence-corrected chi connectivity index (χ1v) is 6.06. The van der Waals surface area contributed by atoms with Crippen LogP contribution in [0.25, 0.3) is 0 Å². The highest BCUT2D eigenvalue weighted by Crippen LogP contribution is 2.34. The fraction of sp³-hybridized carbons (Fsp3) is 0.0769. The maximum absolute atomic E-state index is 13.4. The Morgan fingerprint density at radius 1 is 1.05 bits per heavy atom. The average Bonchev–Trinajstić information content (AvgIpc) is 2.37. The van der Waals surface area contributed by atoms with Crippen molar-refractivity contribution in [2.75, 3.05) is 12.8 Å². The normalized spacial score (nSPS) is 10.3. The fourth-order valence-corrected chi connectivity index (χ4v) is 1.71. The van der Waals surface area contributed by atoms with Gasteiger partial charge in [-0.25, -0.2) is 8.78 Å². The molecule has 2 rings (SSSR count). The molecule has 0 spiro atoms. The van der Waals surface area contributed by atoms with Gasteiger partial charge in [-0.15, -0.1) is 0 Å². The van der Waals surface area contributed by atoms with E-state index in [-0.39, 0.29) is 22.9 Å². The summed E-state index contributed by atoms with van der Waals surface area (Å²) in [6, 6.07) is 6.65. The lowest BCUT2D eigenvalue weighted by Gasteiger charge is -2.11. The molecule has 0 saturated carbocycles. The maximum atomic E-state index is 13.4. The van der Waals surface area contributed by atoms with Crippen molar-refractivity contribution < 1.29 is 18.3 Å². The van der Waals surface area contributed by atoms with Crippen LogP contribution in [0.3, 0.4) is 0 Å². The number of methoxy groups -OCH3 is 1. The molecule has 6 heteroatoms. The molecule has 2 aromatic carbocycles. The summed E-state index contributed by atoms with van der Waals surface area (Å²) in [5.74, 6) is -0.609. The summed E-state index contributed by atoms with van der Waals surface area (Å²) in [7, 11) is 1.33. The molecule has 0 unspecified atom stereocenters. The van der Waals surface area contributed by atoms with Crippen molar-refractivity contribution >= 4 is 21.6 Å². The van der Waals surface area contributed by atoms with Gasteiger partial charge < -0.3 is 15.2 Å². The third-order valence-corrected chi connectivity index (χ3v) is 3.05. The molecule has 19 heavy (non-hydrogen) atoms. The molecule has 0 fully saturated rings. The predicted octanol–water partition coefficient (Wildman–Crippen LogP) is 4.11. The predicted molar refractivity (Wildman–Crippen MR) is 71.5 cm³/mol. The van der Waals surface area contributed by atoms with Gasteiger partial charge in [-0.3, -0.25) is 0 Å². The molecule has 0 bridgehead atoms. The third kappa shape index (κ3) is 2.96. The van der Waals surface area contributed by atoms with E-state index in [9.17, 15) is 8.78 Å².